The lowest BCUT2D eigenvalue weighted by molar-refractivity contribution is -0.385. The Hall–Kier alpha value is -2.44. The molecule has 0 bridgehead atoms. The molecule has 0 amide bonds. The molecule has 138 valence electrons. The number of fused-ring (bicyclic) bond motifs is 2. The molecule has 2 atom stereocenters. The molecule has 26 heavy (non-hydrogen) atoms. The highest BCUT2D eigenvalue weighted by Crippen LogP contribution is 2.32. The van der Waals surface area contributed by atoms with Crippen LogP contribution in [0.5, 0.6) is 0 Å². The van der Waals surface area contributed by atoms with Crippen molar-refractivity contribution in [2.24, 2.45) is 0 Å². The highest BCUT2D eigenvalue weighted by molar-refractivity contribution is 5.46. The third-order valence-corrected chi connectivity index (χ3v) is 5.08. The first-order chi connectivity index (χ1) is 12.5. The summed E-state index contributed by atoms with van der Waals surface area (Å²) in [7, 11) is 0. The number of aryl methyl sites for hydroxylation is 2. The Labute approximate surface area is 152 Å². The zero-order valence-electron chi connectivity index (χ0n) is 14.6. The minimum absolute atomic E-state index is 0.0599. The van der Waals surface area contributed by atoms with E-state index in [-0.39, 0.29) is 11.8 Å². The number of anilines is 1. The van der Waals surface area contributed by atoms with Crippen molar-refractivity contribution in [2.75, 3.05) is 5.73 Å². The number of nitrogens with two attached hydrogens (primary N) is 1. The lowest BCUT2D eigenvalue weighted by Crippen LogP contribution is -2.09. The first-order valence-electron chi connectivity index (χ1n) is 8.97. The van der Waals surface area contributed by atoms with Crippen LogP contribution >= 0.6 is 0 Å². The number of hydrogen-bond acceptors (Lipinski definition) is 5. The first-order valence-corrected chi connectivity index (χ1v) is 8.97. The van der Waals surface area contributed by atoms with Crippen molar-refractivity contribution in [2.45, 2.75) is 50.7 Å². The number of aliphatic hydroxyl groups excluding tert-OH is 2. The van der Waals surface area contributed by atoms with Crippen LogP contribution in [-0.2, 0) is 12.8 Å². The summed E-state index contributed by atoms with van der Waals surface area (Å²) >= 11 is 0. The standard InChI is InChI=1S/C10H11NO3.C10H13NO/c12-10-3-1-2-7-4-5-8(11(13)14)6-9(7)10;11-8-5-4-7-2-1-3-10(12)9(7)6-8/h4-6,10,12H,1-3H2;4-6,10,12H,1-3,11H2. The van der Waals surface area contributed by atoms with E-state index in [1.54, 1.807) is 6.07 Å². The molecule has 0 fully saturated rings. The zero-order chi connectivity index (χ0) is 18.7. The van der Waals surface area contributed by atoms with Crippen molar-refractivity contribution in [3.63, 3.8) is 0 Å². The predicted octanol–water partition coefficient (Wildman–Crippen LogP) is 3.60. The monoisotopic (exact) mass is 356 g/mol. The van der Waals surface area contributed by atoms with Gasteiger partial charge in [-0.25, -0.2) is 0 Å². The summed E-state index contributed by atoms with van der Waals surface area (Å²) in [6.45, 7) is 0. The van der Waals surface area contributed by atoms with Gasteiger partial charge < -0.3 is 15.9 Å². The second-order valence-corrected chi connectivity index (χ2v) is 6.91. The van der Waals surface area contributed by atoms with E-state index < -0.39 is 11.0 Å². The summed E-state index contributed by atoms with van der Waals surface area (Å²) in [5.41, 5.74) is 10.5. The molecule has 2 aromatic carbocycles. The maximum Gasteiger partial charge on any atom is 0.269 e. The van der Waals surface area contributed by atoms with Crippen LogP contribution in [0.2, 0.25) is 0 Å². The van der Waals surface area contributed by atoms with Gasteiger partial charge in [0.05, 0.1) is 17.1 Å². The second-order valence-electron chi connectivity index (χ2n) is 6.91. The molecule has 2 aromatic rings. The fourth-order valence-corrected chi connectivity index (χ4v) is 3.67. The average molecular weight is 356 g/mol. The van der Waals surface area contributed by atoms with Gasteiger partial charge in [-0.05, 0) is 72.9 Å². The Balaban J connectivity index is 0.000000152. The molecule has 0 spiro atoms. The van der Waals surface area contributed by atoms with Gasteiger partial charge >= 0.3 is 0 Å². The van der Waals surface area contributed by atoms with Crippen LogP contribution in [0.15, 0.2) is 36.4 Å². The molecule has 6 heteroatoms. The fraction of sp³-hybridized carbons (Fsp3) is 0.400. The van der Waals surface area contributed by atoms with Crippen LogP contribution in [0.4, 0.5) is 11.4 Å². The van der Waals surface area contributed by atoms with Crippen LogP contribution in [0.3, 0.4) is 0 Å². The van der Waals surface area contributed by atoms with E-state index in [9.17, 15) is 20.3 Å². The molecule has 0 saturated heterocycles. The topological polar surface area (TPSA) is 110 Å². The quantitative estimate of drug-likeness (QED) is 0.411. The molecule has 4 N–H and O–H groups in total. The van der Waals surface area contributed by atoms with Crippen molar-refractivity contribution >= 4 is 11.4 Å². The Bertz CT molecular complexity index is 806. The Morgan fingerprint density at radius 3 is 2.04 bits per heavy atom. The van der Waals surface area contributed by atoms with E-state index >= 15 is 0 Å². The number of nitro benzene ring substituents is 1. The van der Waals surface area contributed by atoms with Gasteiger partial charge in [0.2, 0.25) is 0 Å². The lowest BCUT2D eigenvalue weighted by Gasteiger charge is -2.21. The van der Waals surface area contributed by atoms with E-state index in [4.69, 9.17) is 5.73 Å². The highest BCUT2D eigenvalue weighted by Gasteiger charge is 2.20. The highest BCUT2D eigenvalue weighted by atomic mass is 16.6. The van der Waals surface area contributed by atoms with Crippen molar-refractivity contribution in [3.8, 4) is 0 Å². The summed E-state index contributed by atoms with van der Waals surface area (Å²) < 4.78 is 0. The molecule has 0 heterocycles. The van der Waals surface area contributed by atoms with E-state index in [2.05, 4.69) is 0 Å². The van der Waals surface area contributed by atoms with Crippen molar-refractivity contribution in [1.29, 1.82) is 0 Å². The molecule has 0 saturated carbocycles. The minimum Gasteiger partial charge on any atom is -0.399 e. The van der Waals surface area contributed by atoms with Gasteiger partial charge in [0.1, 0.15) is 0 Å². The summed E-state index contributed by atoms with van der Waals surface area (Å²) in [6.07, 6.45) is 4.77. The second kappa shape index (κ2) is 7.85. The number of rotatable bonds is 1. The molecule has 2 aliphatic carbocycles. The van der Waals surface area contributed by atoms with Gasteiger partial charge in [-0.1, -0.05) is 12.1 Å². The van der Waals surface area contributed by atoms with Gasteiger partial charge in [0.15, 0.2) is 0 Å². The number of non-ortho nitro benzene ring substituents is 1. The van der Waals surface area contributed by atoms with Gasteiger partial charge in [-0.3, -0.25) is 10.1 Å². The summed E-state index contributed by atoms with van der Waals surface area (Å²) in [6, 6.07) is 10.5. The number of nitrogens with zero attached hydrogens (tertiary/aromatic N) is 1. The Kier molecular flexibility index (Phi) is 5.54. The number of aliphatic hydroxyl groups is 2. The molecule has 4 rings (SSSR count). The zero-order valence-corrected chi connectivity index (χ0v) is 14.6. The van der Waals surface area contributed by atoms with Crippen LogP contribution in [0.25, 0.3) is 0 Å². The Morgan fingerprint density at radius 2 is 1.46 bits per heavy atom. The third kappa shape index (κ3) is 4.03. The van der Waals surface area contributed by atoms with Gasteiger partial charge in [0, 0.05) is 17.8 Å². The van der Waals surface area contributed by atoms with Crippen molar-refractivity contribution < 1.29 is 15.1 Å². The number of benzene rings is 2. The van der Waals surface area contributed by atoms with Gasteiger partial charge in [0.25, 0.3) is 5.69 Å². The molecule has 2 aliphatic rings. The number of hydrogen-bond donors (Lipinski definition) is 3. The molecule has 6 nitrogen and oxygen atoms in total. The summed E-state index contributed by atoms with van der Waals surface area (Å²) in [5.74, 6) is 0. The Morgan fingerprint density at radius 1 is 0.923 bits per heavy atom. The maximum atomic E-state index is 10.5. The largest absolute Gasteiger partial charge is 0.399 e. The normalized spacial score (nSPS) is 21.0. The van der Waals surface area contributed by atoms with Gasteiger partial charge in [-0.2, -0.15) is 0 Å². The smallest absolute Gasteiger partial charge is 0.269 e. The van der Waals surface area contributed by atoms with Crippen molar-refractivity contribution in [1.82, 2.24) is 0 Å². The van der Waals surface area contributed by atoms with E-state index in [1.165, 1.54) is 17.7 Å². The molecular weight excluding hydrogens is 332 g/mol. The minimum atomic E-state index is -0.529. The molecule has 0 aromatic heterocycles. The van der Waals surface area contributed by atoms with Gasteiger partial charge in [-0.15, -0.1) is 0 Å². The van der Waals surface area contributed by atoms with Crippen LogP contribution in [0.1, 0.15) is 60.1 Å². The molecular formula is C20H24N2O4. The third-order valence-electron chi connectivity index (χ3n) is 5.08. The van der Waals surface area contributed by atoms with E-state index in [1.807, 2.05) is 18.2 Å². The average Bonchev–Trinajstić information content (AvgIpc) is 2.63. The molecule has 0 aliphatic heterocycles. The predicted molar refractivity (Wildman–Crippen MR) is 99.7 cm³/mol. The lowest BCUT2D eigenvalue weighted by atomic mass is 9.89. The van der Waals surface area contributed by atoms with E-state index in [0.717, 1.165) is 54.5 Å². The van der Waals surface area contributed by atoms with Crippen LogP contribution in [-0.4, -0.2) is 15.1 Å². The maximum absolute atomic E-state index is 10.5. The van der Waals surface area contributed by atoms with Crippen LogP contribution in [0, 0.1) is 10.1 Å². The van der Waals surface area contributed by atoms with Crippen molar-refractivity contribution in [3.05, 3.63) is 68.8 Å². The molecule has 0 radical (unpaired) electrons. The summed E-state index contributed by atoms with van der Waals surface area (Å²) in [4.78, 5) is 10.1. The number of nitrogen functional groups attached to an aromatic ring is 1. The first kappa shape index (κ1) is 18.4. The van der Waals surface area contributed by atoms with Crippen LogP contribution < -0.4 is 5.73 Å². The SMILES string of the molecule is Nc1ccc2c(c1)C(O)CCC2.O=[N+]([O-])c1ccc2c(c1)C(O)CCC2. The number of nitro groups is 1. The van der Waals surface area contributed by atoms with E-state index in [0.29, 0.717) is 6.42 Å². The summed E-state index contributed by atoms with van der Waals surface area (Å²) in [5, 5.41) is 29.8. The molecule has 2 unspecified atom stereocenters. The fourth-order valence-electron chi connectivity index (χ4n) is 3.67.